The Balaban J connectivity index is 0.896. The summed E-state index contributed by atoms with van der Waals surface area (Å²) < 4.78 is 0. The molecule has 20 heteroatoms. The fourth-order valence-electron chi connectivity index (χ4n) is 21.6. The van der Waals surface area contributed by atoms with Gasteiger partial charge in [0.1, 0.15) is 0 Å². The van der Waals surface area contributed by atoms with Crippen molar-refractivity contribution in [3.05, 3.63) is 0 Å². The van der Waals surface area contributed by atoms with E-state index in [0.29, 0.717) is 11.9 Å². The second kappa shape index (κ2) is 38.3. The Morgan fingerprint density at radius 2 is 0.472 bits per heavy atom. The molecule has 4 saturated carbocycles. The van der Waals surface area contributed by atoms with Crippen molar-refractivity contribution in [3.8, 4) is 0 Å². The van der Waals surface area contributed by atoms with Crippen molar-refractivity contribution < 1.29 is 19.4 Å². The summed E-state index contributed by atoms with van der Waals surface area (Å²) in [5.41, 5.74) is -1.59. The largest absolute Gasteiger partial charge is 0.354 e. The van der Waals surface area contributed by atoms with Gasteiger partial charge in [0.2, 0.25) is 35.7 Å². The quantitative estimate of drug-likeness (QED) is 0.0613. The Morgan fingerprint density at radius 3 is 0.657 bits per heavy atom. The Labute approximate surface area is 659 Å². The molecule has 4 saturated heterocycles. The molecule has 0 atom stereocenters. The number of aromatic nitrogens is 6. The fourth-order valence-corrected chi connectivity index (χ4v) is 21.6. The Bertz CT molecular complexity index is 2560. The third kappa shape index (κ3) is 22.7. The van der Waals surface area contributed by atoms with Crippen LogP contribution in [0.25, 0.3) is 0 Å². The zero-order valence-electron chi connectivity index (χ0n) is 73.0. The molecule has 8 aliphatic rings. The van der Waals surface area contributed by atoms with E-state index in [4.69, 9.17) is 49.3 Å². The van der Waals surface area contributed by atoms with E-state index in [1.807, 2.05) is 0 Å². The molecule has 0 aromatic carbocycles. The van der Waals surface area contributed by atoms with Gasteiger partial charge in [-0.3, -0.25) is 19.4 Å². The summed E-state index contributed by atoms with van der Waals surface area (Å²) in [6.45, 7) is 52.9. The van der Waals surface area contributed by atoms with Gasteiger partial charge in [-0.15, -0.1) is 0 Å². The number of unbranched alkanes of at least 4 members (excludes halogenated alkanes) is 7. The van der Waals surface area contributed by atoms with Gasteiger partial charge in [0.15, 0.2) is 0 Å². The molecule has 2 aromatic heterocycles. The monoisotopic (exact) mass is 1510 g/mol. The maximum Gasteiger partial charge on any atom is 0.232 e. The zero-order chi connectivity index (χ0) is 77.7. The lowest BCUT2D eigenvalue weighted by atomic mass is 9.78. The maximum absolute atomic E-state index is 7.10. The van der Waals surface area contributed by atoms with E-state index in [2.05, 4.69) is 189 Å². The van der Waals surface area contributed by atoms with E-state index in [1.165, 1.54) is 77.0 Å². The van der Waals surface area contributed by atoms with Gasteiger partial charge in [-0.05, 0) is 252 Å². The summed E-state index contributed by atoms with van der Waals surface area (Å²) in [5.74, 6) is 4.59. The minimum absolute atomic E-state index is 0.199. The van der Waals surface area contributed by atoms with Gasteiger partial charge >= 0.3 is 0 Å². The first-order chi connectivity index (χ1) is 51.3. The highest BCUT2D eigenvalue weighted by Gasteiger charge is 2.54. The first-order valence-corrected chi connectivity index (χ1v) is 45.2. The molecule has 20 nitrogen and oxygen atoms in total. The van der Waals surface area contributed by atoms with E-state index >= 15 is 0 Å². The lowest BCUT2D eigenvalue weighted by molar-refractivity contribution is -0.310. The third-order valence-electron chi connectivity index (χ3n) is 26.2. The number of hydrogen-bond donors (Lipinski definition) is 2. The predicted molar refractivity (Wildman–Crippen MR) is 448 cm³/mol. The number of hydroxylamine groups is 8. The van der Waals surface area contributed by atoms with Gasteiger partial charge in [0, 0.05) is 108 Å². The van der Waals surface area contributed by atoms with Crippen LogP contribution in [0, 0.1) is 0 Å². The molecule has 618 valence electrons. The smallest absolute Gasteiger partial charge is 0.232 e. The summed E-state index contributed by atoms with van der Waals surface area (Å²) in [6, 6.07) is 0.854. The van der Waals surface area contributed by atoms with Crippen molar-refractivity contribution in [1.29, 1.82) is 0 Å². The molecule has 2 N–H and O–H groups in total. The fraction of sp³-hybridized carbons (Fsp3) is 0.932. The SMILES string of the molecule is CCCCN(c1nc(NCCCCCCNc2nc(N(CCCC)C3CC(C)(C)N(OC4CCCCC4)C(C)(C)C3)nc(N(CCCC)C3CC(C)(C)N(OC4CCCCC4)C(C)(C)C3)n2)nc(N(CCCC)C2CC(C)(C)N(OC3CCCCC3)C(C)(C)C2)n1)C1CC(C)(C)N(OC2CCCCC2)C(C)(C)C1. The van der Waals surface area contributed by atoms with Crippen molar-refractivity contribution in [3.63, 3.8) is 0 Å². The summed E-state index contributed by atoms with van der Waals surface area (Å²) in [4.78, 5) is 72.5. The first-order valence-electron chi connectivity index (χ1n) is 45.2. The molecular formula is C88H162N16O4. The molecule has 0 spiro atoms. The van der Waals surface area contributed by atoms with Gasteiger partial charge in [-0.2, -0.15) is 50.2 Å². The molecular weight excluding hydrogens is 1350 g/mol. The minimum Gasteiger partial charge on any atom is -0.354 e. The van der Waals surface area contributed by atoms with Crippen LogP contribution < -0.4 is 30.2 Å². The summed E-state index contributed by atoms with van der Waals surface area (Å²) in [6.07, 6.45) is 46.0. The van der Waals surface area contributed by atoms with Crippen molar-refractivity contribution in [2.45, 2.75) is 488 Å². The lowest BCUT2D eigenvalue weighted by Crippen LogP contribution is -2.65. The molecule has 8 fully saturated rings. The highest BCUT2D eigenvalue weighted by molar-refractivity contribution is 5.49. The molecule has 10 rings (SSSR count). The summed E-state index contributed by atoms with van der Waals surface area (Å²) in [7, 11) is 0. The normalized spacial score (nSPS) is 24.6. The number of rotatable bonds is 37. The predicted octanol–water partition coefficient (Wildman–Crippen LogP) is 20.7. The summed E-state index contributed by atoms with van der Waals surface area (Å²) in [5, 5.41) is 17.4. The highest BCUT2D eigenvalue weighted by Crippen LogP contribution is 2.49. The topological polar surface area (TPSA) is 164 Å². The Morgan fingerprint density at radius 1 is 0.278 bits per heavy atom. The van der Waals surface area contributed by atoms with Crippen LogP contribution in [-0.4, -0.2) is 182 Å². The molecule has 0 unspecified atom stereocenters. The Kier molecular flexibility index (Phi) is 30.8. The number of anilines is 6. The lowest BCUT2D eigenvalue weighted by Gasteiger charge is -2.57. The van der Waals surface area contributed by atoms with E-state index < -0.39 is 0 Å². The van der Waals surface area contributed by atoms with Crippen molar-refractivity contribution in [1.82, 2.24) is 50.2 Å². The van der Waals surface area contributed by atoms with Gasteiger partial charge in [0.25, 0.3) is 0 Å². The molecule has 0 bridgehead atoms. The van der Waals surface area contributed by atoms with Crippen LogP contribution in [0.15, 0.2) is 0 Å². The van der Waals surface area contributed by atoms with E-state index in [1.54, 1.807) is 0 Å². The second-order valence-electron chi connectivity index (χ2n) is 40.4. The van der Waals surface area contributed by atoms with Crippen molar-refractivity contribution in [2.75, 3.05) is 69.5 Å². The zero-order valence-corrected chi connectivity index (χ0v) is 73.0. The molecule has 0 amide bonds. The van der Waals surface area contributed by atoms with Crippen molar-refractivity contribution >= 4 is 35.7 Å². The van der Waals surface area contributed by atoms with Gasteiger partial charge in [0.05, 0.1) is 24.4 Å². The number of nitrogens with zero attached hydrogens (tertiary/aromatic N) is 14. The molecule has 2 aromatic rings. The van der Waals surface area contributed by atoms with Crippen LogP contribution in [0.1, 0.15) is 395 Å². The van der Waals surface area contributed by atoms with Crippen LogP contribution in [0.2, 0.25) is 0 Å². The van der Waals surface area contributed by atoms with Crippen LogP contribution in [-0.2, 0) is 19.4 Å². The van der Waals surface area contributed by atoms with Gasteiger partial charge in [-0.1, -0.05) is 143 Å². The van der Waals surface area contributed by atoms with Gasteiger partial charge < -0.3 is 30.2 Å². The molecule has 0 radical (unpaired) electrons. The maximum atomic E-state index is 7.10. The van der Waals surface area contributed by atoms with Crippen molar-refractivity contribution in [2.24, 2.45) is 0 Å². The van der Waals surface area contributed by atoms with E-state index in [-0.39, 0.29) is 92.9 Å². The molecule has 4 aliphatic heterocycles. The number of hydrogen-bond acceptors (Lipinski definition) is 20. The van der Waals surface area contributed by atoms with Crippen LogP contribution in [0.5, 0.6) is 0 Å². The highest BCUT2D eigenvalue weighted by atomic mass is 16.7. The summed E-state index contributed by atoms with van der Waals surface area (Å²) >= 11 is 0. The average molecular weight is 1510 g/mol. The van der Waals surface area contributed by atoms with Crippen LogP contribution >= 0.6 is 0 Å². The molecule has 108 heavy (non-hydrogen) atoms. The van der Waals surface area contributed by atoms with E-state index in [9.17, 15) is 0 Å². The van der Waals surface area contributed by atoms with E-state index in [0.717, 1.165) is 243 Å². The van der Waals surface area contributed by atoms with Gasteiger partial charge in [-0.25, -0.2) is 0 Å². The standard InChI is InChI=1S/C88H162N16O4/c1-21-25-55-97(67-59-81(5,6)101(82(7,8)60-67)105-71-45-35-31-36-46-71)77-91-75(92-78(95-77)98(56-26-22-2)68-61-83(9,10)102(84(11,12)62-68)106-72-47-37-32-38-48-72)89-53-43-29-30-44-54-90-76-93-79(99(57-27-23-3)69-63-85(13,14)103(86(15,16)64-69)107-73-49-39-33-40-50-73)96-80(94-76)100(58-28-24-4)70-65-87(17,18)104(88(19,20)66-70)108-74-51-41-34-42-52-74/h67-74H,21-66H2,1-20H3,(H,89,91,92,95)(H,90,93,94,96). The molecule has 4 aliphatic carbocycles. The number of nitrogens with one attached hydrogen (secondary N) is 2. The van der Waals surface area contributed by atoms with Crippen LogP contribution in [0.3, 0.4) is 0 Å². The third-order valence-corrected chi connectivity index (χ3v) is 26.2. The molecule has 6 heterocycles. The number of piperidine rings is 4. The van der Waals surface area contributed by atoms with Crippen LogP contribution in [0.4, 0.5) is 35.7 Å². The minimum atomic E-state index is -0.199. The average Bonchev–Trinajstić information content (AvgIpc) is 0.765. The first kappa shape index (κ1) is 86.9. The second-order valence-corrected chi connectivity index (χ2v) is 40.4. The Hall–Kier alpha value is -3.50.